The van der Waals surface area contributed by atoms with Gasteiger partial charge in [0.1, 0.15) is 17.3 Å². The maximum Gasteiger partial charge on any atom is 0.229 e. The van der Waals surface area contributed by atoms with E-state index in [0.29, 0.717) is 31.4 Å². The number of methoxy groups -OCH3 is 2. The Labute approximate surface area is 259 Å². The molecule has 1 aliphatic rings. The Morgan fingerprint density at radius 1 is 0.795 bits per heavy atom. The van der Waals surface area contributed by atoms with Crippen LogP contribution in [0, 0.1) is 12.9 Å². The van der Waals surface area contributed by atoms with E-state index in [0.717, 1.165) is 54.4 Å². The number of hydrogen-bond acceptors (Lipinski definition) is 9. The van der Waals surface area contributed by atoms with Gasteiger partial charge in [0.25, 0.3) is 0 Å². The van der Waals surface area contributed by atoms with Crippen molar-refractivity contribution in [3.8, 4) is 22.9 Å². The Morgan fingerprint density at radius 3 is 1.89 bits per heavy atom. The zero-order valence-electron chi connectivity index (χ0n) is 26.5. The molecule has 0 saturated carbocycles. The molecule has 0 radical (unpaired) electrons. The number of aromatic nitrogens is 4. The lowest BCUT2D eigenvalue weighted by molar-refractivity contribution is 0.0590. The second-order valence-electron chi connectivity index (χ2n) is 12.2. The topological polar surface area (TPSA) is 79.7 Å². The van der Waals surface area contributed by atoms with Crippen LogP contribution in [0.2, 0.25) is 0 Å². The molecule has 0 atom stereocenters. The zero-order valence-corrected chi connectivity index (χ0v) is 26.5. The molecule has 0 spiro atoms. The molecule has 10 heteroatoms. The van der Waals surface area contributed by atoms with E-state index in [1.165, 1.54) is 0 Å². The smallest absolute Gasteiger partial charge is 0.229 e. The second-order valence-corrected chi connectivity index (χ2v) is 12.2. The summed E-state index contributed by atoms with van der Waals surface area (Å²) in [4.78, 5) is 25.1. The van der Waals surface area contributed by atoms with Crippen LogP contribution in [0.1, 0.15) is 43.3 Å². The van der Waals surface area contributed by atoms with E-state index in [4.69, 9.17) is 19.4 Å². The lowest BCUT2D eigenvalue weighted by Crippen LogP contribution is -2.53. The van der Waals surface area contributed by atoms with Crippen LogP contribution in [-0.2, 0) is 19.6 Å². The molecule has 1 saturated heterocycles. The number of halogens is 1. The molecular formula is C34H42FN7O2. The van der Waals surface area contributed by atoms with E-state index in [9.17, 15) is 0 Å². The summed E-state index contributed by atoms with van der Waals surface area (Å²) in [5.74, 6) is 2.20. The molecule has 232 valence electrons. The molecule has 2 aromatic heterocycles. The van der Waals surface area contributed by atoms with Crippen molar-refractivity contribution in [2.24, 2.45) is 0 Å². The standard InChI is InChI=1S/C34H42FN7O2/c1-24-37-32(30-19-27(20-36-31(30)35)21-40-15-17-42(18-16-40)34(2,3)4)39-33(38-24)41(22-25-7-11-28(43-5)12-8-25)23-26-9-13-29(44-6)14-10-26/h7-14,19-20H,15-18,21-23H2,1-6H3. The van der Waals surface area contributed by atoms with E-state index in [1.807, 2.05) is 54.6 Å². The van der Waals surface area contributed by atoms with Gasteiger partial charge in [-0.25, -0.2) is 9.97 Å². The average Bonchev–Trinajstić information content (AvgIpc) is 3.02. The zero-order chi connectivity index (χ0) is 31.3. The average molecular weight is 600 g/mol. The van der Waals surface area contributed by atoms with Crippen molar-refractivity contribution in [2.45, 2.75) is 52.9 Å². The molecule has 0 aliphatic carbocycles. The summed E-state index contributed by atoms with van der Waals surface area (Å²) in [7, 11) is 3.30. The fourth-order valence-corrected chi connectivity index (χ4v) is 5.40. The summed E-state index contributed by atoms with van der Waals surface area (Å²) < 4.78 is 25.9. The van der Waals surface area contributed by atoms with Gasteiger partial charge in [0.05, 0.1) is 19.8 Å². The monoisotopic (exact) mass is 599 g/mol. The Balaban J connectivity index is 1.42. The maximum absolute atomic E-state index is 15.2. The Bertz CT molecular complexity index is 1480. The number of anilines is 1. The van der Waals surface area contributed by atoms with Crippen LogP contribution in [0.15, 0.2) is 60.8 Å². The SMILES string of the molecule is COc1ccc(CN(Cc2ccc(OC)cc2)c2nc(C)nc(-c3cc(CN4CCN(C(C)(C)C)CC4)cnc3F)n2)cc1. The molecule has 44 heavy (non-hydrogen) atoms. The summed E-state index contributed by atoms with van der Waals surface area (Å²) in [6, 6.07) is 17.6. The number of piperazine rings is 1. The molecule has 9 nitrogen and oxygen atoms in total. The van der Waals surface area contributed by atoms with Crippen LogP contribution in [0.25, 0.3) is 11.4 Å². The Morgan fingerprint density at radius 2 is 1.36 bits per heavy atom. The summed E-state index contributed by atoms with van der Waals surface area (Å²) in [6.45, 7) is 14.2. The fourth-order valence-electron chi connectivity index (χ4n) is 5.40. The van der Waals surface area contributed by atoms with Gasteiger partial charge in [0.2, 0.25) is 11.9 Å². The maximum atomic E-state index is 15.2. The summed E-state index contributed by atoms with van der Waals surface area (Å²) >= 11 is 0. The number of nitrogens with zero attached hydrogens (tertiary/aromatic N) is 7. The quantitative estimate of drug-likeness (QED) is 0.219. The first-order chi connectivity index (χ1) is 21.1. The largest absolute Gasteiger partial charge is 0.497 e. The molecule has 2 aromatic carbocycles. The first-order valence-corrected chi connectivity index (χ1v) is 15.0. The van der Waals surface area contributed by atoms with E-state index in [1.54, 1.807) is 27.3 Å². The number of rotatable bonds is 10. The van der Waals surface area contributed by atoms with Gasteiger partial charge in [0, 0.05) is 57.5 Å². The number of hydrogen-bond donors (Lipinski definition) is 0. The summed E-state index contributed by atoms with van der Waals surface area (Å²) in [6.07, 6.45) is 1.61. The third-order valence-corrected chi connectivity index (χ3v) is 7.95. The normalized spacial score (nSPS) is 14.4. The third-order valence-electron chi connectivity index (χ3n) is 7.95. The minimum absolute atomic E-state index is 0.152. The highest BCUT2D eigenvalue weighted by Crippen LogP contribution is 2.25. The van der Waals surface area contributed by atoms with Crippen LogP contribution in [0.4, 0.5) is 10.3 Å². The van der Waals surface area contributed by atoms with Crippen molar-refractivity contribution in [2.75, 3.05) is 45.3 Å². The predicted molar refractivity (Wildman–Crippen MR) is 170 cm³/mol. The second kappa shape index (κ2) is 13.7. The van der Waals surface area contributed by atoms with Crippen molar-refractivity contribution in [3.63, 3.8) is 0 Å². The predicted octanol–water partition coefficient (Wildman–Crippen LogP) is 5.52. The van der Waals surface area contributed by atoms with E-state index >= 15 is 4.39 Å². The summed E-state index contributed by atoms with van der Waals surface area (Å²) in [5, 5.41) is 0. The molecule has 1 aliphatic heterocycles. The Kier molecular flexibility index (Phi) is 9.71. The van der Waals surface area contributed by atoms with Crippen LogP contribution in [0.5, 0.6) is 11.5 Å². The minimum atomic E-state index is -0.597. The first kappa shape index (κ1) is 31.3. The number of ether oxygens (including phenoxy) is 2. The molecule has 4 aromatic rings. The van der Waals surface area contributed by atoms with Crippen LogP contribution in [0.3, 0.4) is 0 Å². The number of aryl methyl sites for hydroxylation is 1. The lowest BCUT2D eigenvalue weighted by atomic mass is 10.0. The van der Waals surface area contributed by atoms with E-state index in [2.05, 4.69) is 45.4 Å². The van der Waals surface area contributed by atoms with E-state index < -0.39 is 5.95 Å². The highest BCUT2D eigenvalue weighted by atomic mass is 19.1. The van der Waals surface area contributed by atoms with Crippen molar-refractivity contribution in [1.29, 1.82) is 0 Å². The van der Waals surface area contributed by atoms with Gasteiger partial charge in [-0.05, 0) is 74.7 Å². The molecule has 0 unspecified atom stereocenters. The van der Waals surface area contributed by atoms with E-state index in [-0.39, 0.29) is 16.9 Å². The summed E-state index contributed by atoms with van der Waals surface area (Å²) in [5.41, 5.74) is 3.47. The highest BCUT2D eigenvalue weighted by molar-refractivity contribution is 5.57. The molecular weight excluding hydrogens is 557 g/mol. The molecule has 0 bridgehead atoms. The van der Waals surface area contributed by atoms with Crippen molar-refractivity contribution >= 4 is 5.95 Å². The van der Waals surface area contributed by atoms with Crippen LogP contribution < -0.4 is 14.4 Å². The molecule has 1 fully saturated rings. The number of benzene rings is 2. The minimum Gasteiger partial charge on any atom is -0.497 e. The van der Waals surface area contributed by atoms with Gasteiger partial charge in [0.15, 0.2) is 5.82 Å². The van der Waals surface area contributed by atoms with Crippen LogP contribution >= 0.6 is 0 Å². The number of pyridine rings is 1. The van der Waals surface area contributed by atoms with Gasteiger partial charge < -0.3 is 14.4 Å². The molecule has 0 amide bonds. The van der Waals surface area contributed by atoms with Gasteiger partial charge in [-0.1, -0.05) is 24.3 Å². The molecule has 3 heterocycles. The first-order valence-electron chi connectivity index (χ1n) is 15.0. The van der Waals surface area contributed by atoms with Crippen molar-refractivity contribution < 1.29 is 13.9 Å². The van der Waals surface area contributed by atoms with Crippen molar-refractivity contribution in [1.82, 2.24) is 29.7 Å². The Hall–Kier alpha value is -4.15. The van der Waals surface area contributed by atoms with Crippen molar-refractivity contribution in [3.05, 3.63) is 89.3 Å². The molecule has 5 rings (SSSR count). The highest BCUT2D eigenvalue weighted by Gasteiger charge is 2.26. The third kappa shape index (κ3) is 7.86. The van der Waals surface area contributed by atoms with Gasteiger partial charge in [-0.2, -0.15) is 14.4 Å². The van der Waals surface area contributed by atoms with Gasteiger partial charge >= 0.3 is 0 Å². The lowest BCUT2D eigenvalue weighted by Gasteiger charge is -2.42. The fraction of sp³-hybridized carbons (Fsp3) is 0.412. The van der Waals surface area contributed by atoms with Gasteiger partial charge in [-0.15, -0.1) is 0 Å². The molecule has 0 N–H and O–H groups in total. The van der Waals surface area contributed by atoms with Gasteiger partial charge in [-0.3, -0.25) is 9.80 Å². The van der Waals surface area contributed by atoms with Crippen LogP contribution in [-0.4, -0.2) is 75.7 Å².